The van der Waals surface area contributed by atoms with Crippen molar-refractivity contribution in [3.8, 4) is 11.3 Å². The van der Waals surface area contributed by atoms with Gasteiger partial charge in [0, 0.05) is 0 Å². The van der Waals surface area contributed by atoms with E-state index >= 15 is 0 Å². The summed E-state index contributed by atoms with van der Waals surface area (Å²) < 4.78 is 31.3. The molecular formula is C9H4Cl2F2N2O. The summed E-state index contributed by atoms with van der Waals surface area (Å²) in [5.74, 6) is -1.78. The summed E-state index contributed by atoms with van der Waals surface area (Å²) in [4.78, 5) is 0. The van der Waals surface area contributed by atoms with Crippen LogP contribution >= 0.6 is 23.2 Å². The van der Waals surface area contributed by atoms with Crippen LogP contribution in [0, 0.1) is 11.6 Å². The Hall–Kier alpha value is -1.33. The highest BCUT2D eigenvalue weighted by molar-refractivity contribution is 6.35. The van der Waals surface area contributed by atoms with Crippen molar-refractivity contribution < 1.29 is 13.3 Å². The Kier molecular flexibility index (Phi) is 2.73. The second-order valence-corrected chi connectivity index (χ2v) is 3.74. The molecule has 2 rings (SSSR count). The summed E-state index contributed by atoms with van der Waals surface area (Å²) in [7, 11) is 0. The lowest BCUT2D eigenvalue weighted by molar-refractivity contribution is 0.433. The third kappa shape index (κ3) is 1.72. The number of halogens is 4. The summed E-state index contributed by atoms with van der Waals surface area (Å²) in [6.07, 6.45) is 0. The largest absolute Gasteiger partial charge is 0.380 e. The summed E-state index contributed by atoms with van der Waals surface area (Å²) in [6.45, 7) is 0. The zero-order valence-corrected chi connectivity index (χ0v) is 9.11. The van der Waals surface area contributed by atoms with Gasteiger partial charge in [0.1, 0.15) is 16.7 Å². The third-order valence-electron chi connectivity index (χ3n) is 1.91. The molecule has 16 heavy (non-hydrogen) atoms. The Morgan fingerprint density at radius 1 is 1.19 bits per heavy atom. The molecule has 84 valence electrons. The van der Waals surface area contributed by atoms with Gasteiger partial charge in [0.15, 0.2) is 11.6 Å². The molecule has 0 bridgehead atoms. The molecule has 0 unspecified atom stereocenters. The Balaban J connectivity index is 2.65. The fourth-order valence-electron chi connectivity index (χ4n) is 1.16. The zero-order chi connectivity index (χ0) is 11.9. The van der Waals surface area contributed by atoms with Crippen molar-refractivity contribution in [2.75, 3.05) is 5.73 Å². The minimum Gasteiger partial charge on any atom is -0.380 e. The molecule has 7 heteroatoms. The molecule has 0 spiro atoms. The van der Waals surface area contributed by atoms with Crippen LogP contribution in [-0.2, 0) is 0 Å². The van der Waals surface area contributed by atoms with Crippen LogP contribution in [0.2, 0.25) is 10.0 Å². The van der Waals surface area contributed by atoms with Crippen LogP contribution in [0.25, 0.3) is 11.3 Å². The Morgan fingerprint density at radius 2 is 1.88 bits per heavy atom. The molecule has 2 N–H and O–H groups in total. The van der Waals surface area contributed by atoms with Crippen molar-refractivity contribution in [1.29, 1.82) is 0 Å². The first-order valence-corrected chi connectivity index (χ1v) is 4.82. The van der Waals surface area contributed by atoms with Gasteiger partial charge in [-0.1, -0.05) is 28.4 Å². The van der Waals surface area contributed by atoms with Gasteiger partial charge in [-0.15, -0.1) is 0 Å². The minimum absolute atomic E-state index is 0.0689. The molecule has 0 amide bonds. The molecule has 0 aliphatic heterocycles. The van der Waals surface area contributed by atoms with Crippen molar-refractivity contribution in [1.82, 2.24) is 5.16 Å². The molecule has 1 aromatic carbocycles. The van der Waals surface area contributed by atoms with Crippen LogP contribution in [0.5, 0.6) is 0 Å². The van der Waals surface area contributed by atoms with Crippen LogP contribution in [0.15, 0.2) is 16.7 Å². The van der Waals surface area contributed by atoms with E-state index in [1.54, 1.807) is 0 Å². The normalized spacial score (nSPS) is 10.8. The van der Waals surface area contributed by atoms with Gasteiger partial charge in [0.25, 0.3) is 0 Å². The standard InChI is InChI=1S/C9H4Cl2F2N2O/c10-4-2-5(12)3(1-6(4)13)8-7(11)9(14)15-16-8/h1-2H,(H2,14,15). The highest BCUT2D eigenvalue weighted by Crippen LogP contribution is 2.35. The second-order valence-electron chi connectivity index (χ2n) is 2.96. The second kappa shape index (κ2) is 3.92. The Labute approximate surface area is 98.7 Å². The first kappa shape index (κ1) is 11.2. The lowest BCUT2D eigenvalue weighted by atomic mass is 10.1. The van der Waals surface area contributed by atoms with Gasteiger partial charge in [-0.3, -0.25) is 0 Å². The van der Waals surface area contributed by atoms with Crippen molar-refractivity contribution in [3.05, 3.63) is 33.8 Å². The van der Waals surface area contributed by atoms with E-state index in [1.165, 1.54) is 0 Å². The van der Waals surface area contributed by atoms with E-state index in [2.05, 4.69) is 5.16 Å². The first-order chi connectivity index (χ1) is 7.50. The smallest absolute Gasteiger partial charge is 0.190 e. The summed E-state index contributed by atoms with van der Waals surface area (Å²) in [5, 5.41) is 2.94. The van der Waals surface area contributed by atoms with E-state index < -0.39 is 11.6 Å². The van der Waals surface area contributed by atoms with Crippen LogP contribution in [0.3, 0.4) is 0 Å². The topological polar surface area (TPSA) is 52.0 Å². The molecule has 0 saturated carbocycles. The number of hydrogen-bond donors (Lipinski definition) is 1. The van der Waals surface area contributed by atoms with Crippen molar-refractivity contribution >= 4 is 29.0 Å². The quantitative estimate of drug-likeness (QED) is 0.802. The summed E-state index contributed by atoms with van der Waals surface area (Å²) in [6, 6.07) is 1.69. The van der Waals surface area contributed by atoms with E-state index in [-0.39, 0.29) is 27.2 Å². The monoisotopic (exact) mass is 264 g/mol. The van der Waals surface area contributed by atoms with Gasteiger partial charge in [0.2, 0.25) is 0 Å². The first-order valence-electron chi connectivity index (χ1n) is 4.06. The van der Waals surface area contributed by atoms with Gasteiger partial charge in [-0.2, -0.15) is 0 Å². The highest BCUT2D eigenvalue weighted by Gasteiger charge is 2.19. The maximum Gasteiger partial charge on any atom is 0.190 e. The average Bonchev–Trinajstić information content (AvgIpc) is 2.54. The molecule has 0 atom stereocenters. The number of nitrogens with zero attached hydrogens (tertiary/aromatic N) is 1. The highest BCUT2D eigenvalue weighted by atomic mass is 35.5. The molecular weight excluding hydrogens is 261 g/mol. The Morgan fingerprint density at radius 3 is 2.44 bits per heavy atom. The SMILES string of the molecule is Nc1noc(-c2cc(F)c(Cl)cc2F)c1Cl. The Bertz CT molecular complexity index is 557. The van der Waals surface area contributed by atoms with Crippen LogP contribution in [0.4, 0.5) is 14.6 Å². The molecule has 0 saturated heterocycles. The van der Waals surface area contributed by atoms with Gasteiger partial charge in [-0.25, -0.2) is 8.78 Å². The zero-order valence-electron chi connectivity index (χ0n) is 7.60. The van der Waals surface area contributed by atoms with Crippen molar-refractivity contribution in [3.63, 3.8) is 0 Å². The maximum atomic E-state index is 13.5. The van der Waals surface area contributed by atoms with E-state index in [9.17, 15) is 8.78 Å². The van der Waals surface area contributed by atoms with Crippen LogP contribution in [-0.4, -0.2) is 5.16 Å². The third-order valence-corrected chi connectivity index (χ3v) is 2.57. The summed E-state index contributed by atoms with van der Waals surface area (Å²) >= 11 is 11.1. The van der Waals surface area contributed by atoms with Gasteiger partial charge in [-0.05, 0) is 12.1 Å². The molecule has 0 aliphatic rings. The van der Waals surface area contributed by atoms with E-state index in [0.29, 0.717) is 0 Å². The van der Waals surface area contributed by atoms with Crippen molar-refractivity contribution in [2.24, 2.45) is 0 Å². The molecule has 3 nitrogen and oxygen atoms in total. The predicted octanol–water partition coefficient (Wildman–Crippen LogP) is 3.51. The predicted molar refractivity (Wildman–Crippen MR) is 56.3 cm³/mol. The molecule has 0 radical (unpaired) electrons. The maximum absolute atomic E-state index is 13.5. The number of nitrogen functional groups attached to an aromatic ring is 1. The van der Waals surface area contributed by atoms with E-state index in [0.717, 1.165) is 12.1 Å². The van der Waals surface area contributed by atoms with Gasteiger partial charge >= 0.3 is 0 Å². The molecule has 1 heterocycles. The lowest BCUT2D eigenvalue weighted by Gasteiger charge is -2.01. The number of anilines is 1. The average molecular weight is 265 g/mol. The fraction of sp³-hybridized carbons (Fsp3) is 0. The lowest BCUT2D eigenvalue weighted by Crippen LogP contribution is -1.88. The number of hydrogen-bond acceptors (Lipinski definition) is 3. The minimum atomic E-state index is -0.788. The molecule has 2 aromatic rings. The number of aromatic nitrogens is 1. The molecule has 0 fully saturated rings. The number of rotatable bonds is 1. The fourth-order valence-corrected chi connectivity index (χ4v) is 1.48. The van der Waals surface area contributed by atoms with Crippen LogP contribution < -0.4 is 5.73 Å². The van der Waals surface area contributed by atoms with E-state index in [4.69, 9.17) is 33.5 Å². The number of nitrogens with two attached hydrogens (primary N) is 1. The van der Waals surface area contributed by atoms with Crippen LogP contribution in [0.1, 0.15) is 0 Å². The number of benzene rings is 1. The van der Waals surface area contributed by atoms with Crippen molar-refractivity contribution in [2.45, 2.75) is 0 Å². The molecule has 1 aromatic heterocycles. The van der Waals surface area contributed by atoms with Gasteiger partial charge in [0.05, 0.1) is 10.6 Å². The van der Waals surface area contributed by atoms with Gasteiger partial charge < -0.3 is 10.3 Å². The molecule has 0 aliphatic carbocycles. The summed E-state index contributed by atoms with van der Waals surface area (Å²) in [5.41, 5.74) is 5.13. The van der Waals surface area contributed by atoms with E-state index in [1.807, 2.05) is 0 Å².